The predicted molar refractivity (Wildman–Crippen MR) is 86.0 cm³/mol. The highest BCUT2D eigenvalue weighted by Crippen LogP contribution is 2.46. The average Bonchev–Trinajstić information content (AvgIpc) is 2.88. The van der Waals surface area contributed by atoms with Crippen molar-refractivity contribution in [1.82, 2.24) is 4.90 Å². The summed E-state index contributed by atoms with van der Waals surface area (Å²) in [4.78, 5) is 34.6. The number of nitro benzene ring substituents is 1. The Kier molecular flexibility index (Phi) is 4.26. The maximum absolute atomic E-state index is 13.9. The number of benzene rings is 2. The van der Waals surface area contributed by atoms with Crippen molar-refractivity contribution in [3.63, 3.8) is 0 Å². The molecule has 2 atom stereocenters. The monoisotopic (exact) mass is 378 g/mol. The molecule has 2 aromatic carbocycles. The number of non-ortho nitro benzene ring substituents is 1. The molecule has 27 heavy (non-hydrogen) atoms. The van der Waals surface area contributed by atoms with Crippen molar-refractivity contribution in [1.29, 1.82) is 0 Å². The molecule has 1 N–H and O–H groups in total. The van der Waals surface area contributed by atoms with Crippen LogP contribution in [0.3, 0.4) is 0 Å². The number of hydrogen-bond donors (Lipinski definition) is 1. The van der Waals surface area contributed by atoms with E-state index in [0.717, 1.165) is 30.3 Å². The topological polar surface area (TPSA) is 110 Å². The molecule has 0 aliphatic carbocycles. The van der Waals surface area contributed by atoms with E-state index in [1.165, 1.54) is 19.1 Å². The Bertz CT molecular complexity index is 949. The summed E-state index contributed by atoms with van der Waals surface area (Å²) in [6, 6.07) is 7.42. The Morgan fingerprint density at radius 3 is 2.30 bits per heavy atom. The summed E-state index contributed by atoms with van der Waals surface area (Å²) in [6.07, 6.45) is -3.99. The molecule has 2 amide bonds. The lowest BCUT2D eigenvalue weighted by Gasteiger charge is -2.36. The van der Waals surface area contributed by atoms with E-state index in [0.29, 0.717) is 4.90 Å². The van der Waals surface area contributed by atoms with Gasteiger partial charge in [-0.25, -0.2) is 18.4 Å². The fourth-order valence-electron chi connectivity index (χ4n) is 3.31. The van der Waals surface area contributed by atoms with Gasteiger partial charge in [-0.05, 0) is 42.3 Å². The SMILES string of the molecule is C[C@H]1OC(=O)N(C(=O)O)[C@@]1(c1ccc([N+](=O)[O-])cc1)c1ccc(F)c(F)c1. The maximum Gasteiger partial charge on any atom is 0.420 e. The quantitative estimate of drug-likeness (QED) is 0.645. The Morgan fingerprint density at radius 2 is 1.78 bits per heavy atom. The van der Waals surface area contributed by atoms with Crippen LogP contribution in [-0.2, 0) is 10.3 Å². The van der Waals surface area contributed by atoms with Crippen molar-refractivity contribution in [2.75, 3.05) is 0 Å². The van der Waals surface area contributed by atoms with Crippen LogP contribution in [0.15, 0.2) is 42.5 Å². The number of halogens is 2. The van der Waals surface area contributed by atoms with Gasteiger partial charge in [-0.15, -0.1) is 0 Å². The fraction of sp³-hybridized carbons (Fsp3) is 0.176. The molecule has 0 saturated carbocycles. The molecule has 0 aromatic heterocycles. The lowest BCUT2D eigenvalue weighted by atomic mass is 9.78. The number of ether oxygens (including phenoxy) is 1. The molecule has 3 rings (SSSR count). The molecule has 10 heteroatoms. The number of carbonyl (C=O) groups is 2. The smallest absolute Gasteiger partial charge is 0.420 e. The number of carboxylic acid groups (broad SMARTS) is 1. The Balaban J connectivity index is 2.32. The maximum atomic E-state index is 13.9. The third-order valence-electron chi connectivity index (χ3n) is 4.47. The summed E-state index contributed by atoms with van der Waals surface area (Å²) in [5.41, 5.74) is -2.05. The van der Waals surface area contributed by atoms with Gasteiger partial charge in [0.1, 0.15) is 11.6 Å². The summed E-state index contributed by atoms with van der Waals surface area (Å²) in [6.45, 7) is 1.39. The van der Waals surface area contributed by atoms with Crippen molar-refractivity contribution in [3.8, 4) is 0 Å². The minimum Gasteiger partial charge on any atom is -0.464 e. The Hall–Kier alpha value is -3.56. The number of nitro groups is 1. The van der Waals surface area contributed by atoms with E-state index in [1.54, 1.807) is 0 Å². The molecule has 2 aromatic rings. The predicted octanol–water partition coefficient (Wildman–Crippen LogP) is 3.64. The second kappa shape index (κ2) is 6.31. The Labute approximate surface area is 150 Å². The first-order valence-corrected chi connectivity index (χ1v) is 7.63. The molecule has 140 valence electrons. The van der Waals surface area contributed by atoms with Crippen LogP contribution in [0.5, 0.6) is 0 Å². The zero-order valence-corrected chi connectivity index (χ0v) is 13.8. The van der Waals surface area contributed by atoms with Crippen molar-refractivity contribution < 1.29 is 33.1 Å². The van der Waals surface area contributed by atoms with Gasteiger partial charge in [0.15, 0.2) is 11.6 Å². The highest BCUT2D eigenvalue weighted by atomic mass is 19.2. The fourth-order valence-corrected chi connectivity index (χ4v) is 3.31. The standard InChI is InChI=1S/C17H12F2N2O6/c1-9-17(20(15(22)23)16(24)27-9,11-4-7-13(18)14(19)8-11)10-2-5-12(6-3-10)21(25)26/h2-9H,1H3,(H,22,23)/t9-,17+/m1/s1. The molecule has 8 nitrogen and oxygen atoms in total. The molecule has 0 spiro atoms. The third-order valence-corrected chi connectivity index (χ3v) is 4.47. The van der Waals surface area contributed by atoms with Gasteiger partial charge >= 0.3 is 12.2 Å². The molecule has 0 unspecified atom stereocenters. The number of imide groups is 1. The molecule has 1 aliphatic heterocycles. The molecule has 0 bridgehead atoms. The minimum atomic E-state index is -1.85. The number of carbonyl (C=O) groups excluding carboxylic acids is 1. The minimum absolute atomic E-state index is 0.0593. The van der Waals surface area contributed by atoms with Gasteiger partial charge in [0.2, 0.25) is 0 Å². The van der Waals surface area contributed by atoms with Crippen molar-refractivity contribution in [2.45, 2.75) is 18.6 Å². The molecule has 1 heterocycles. The Morgan fingerprint density at radius 1 is 1.19 bits per heavy atom. The van der Waals surface area contributed by atoms with Gasteiger partial charge in [-0.2, -0.15) is 4.90 Å². The van der Waals surface area contributed by atoms with E-state index >= 15 is 0 Å². The highest BCUT2D eigenvalue weighted by Gasteiger charge is 2.59. The zero-order valence-electron chi connectivity index (χ0n) is 13.8. The van der Waals surface area contributed by atoms with Crippen LogP contribution in [0.1, 0.15) is 18.1 Å². The normalized spacial score (nSPS) is 21.8. The largest absolute Gasteiger partial charge is 0.464 e. The number of cyclic esters (lactones) is 1. The molecular weight excluding hydrogens is 366 g/mol. The molecule has 1 fully saturated rings. The van der Waals surface area contributed by atoms with Gasteiger partial charge in [0.25, 0.3) is 5.69 Å². The lowest BCUT2D eigenvalue weighted by Crippen LogP contribution is -2.51. The van der Waals surface area contributed by atoms with Crippen molar-refractivity contribution >= 4 is 17.9 Å². The van der Waals surface area contributed by atoms with Crippen LogP contribution >= 0.6 is 0 Å². The lowest BCUT2D eigenvalue weighted by molar-refractivity contribution is -0.384. The molecule has 1 aliphatic rings. The van der Waals surface area contributed by atoms with E-state index in [1.807, 2.05) is 0 Å². The van der Waals surface area contributed by atoms with E-state index in [-0.39, 0.29) is 16.8 Å². The highest BCUT2D eigenvalue weighted by molar-refractivity contribution is 5.91. The molecule has 1 saturated heterocycles. The van der Waals surface area contributed by atoms with Crippen LogP contribution in [0.25, 0.3) is 0 Å². The number of nitrogens with zero attached hydrogens (tertiary/aromatic N) is 2. The number of amides is 2. The van der Waals surface area contributed by atoms with Crippen molar-refractivity contribution in [2.24, 2.45) is 0 Å². The van der Waals surface area contributed by atoms with Gasteiger partial charge < -0.3 is 9.84 Å². The van der Waals surface area contributed by atoms with Gasteiger partial charge in [0.05, 0.1) is 4.92 Å². The van der Waals surface area contributed by atoms with E-state index in [9.17, 15) is 33.6 Å². The average molecular weight is 378 g/mol. The van der Waals surface area contributed by atoms with Gasteiger partial charge in [0, 0.05) is 12.1 Å². The summed E-state index contributed by atoms with van der Waals surface area (Å²) >= 11 is 0. The summed E-state index contributed by atoms with van der Waals surface area (Å²) in [5.74, 6) is -2.40. The molecular formula is C17H12F2N2O6. The van der Waals surface area contributed by atoms with E-state index in [2.05, 4.69) is 0 Å². The third kappa shape index (κ3) is 2.65. The second-order valence-corrected chi connectivity index (χ2v) is 5.84. The van der Waals surface area contributed by atoms with Gasteiger partial charge in [-0.3, -0.25) is 10.1 Å². The van der Waals surface area contributed by atoms with Crippen LogP contribution in [0, 0.1) is 21.7 Å². The van der Waals surface area contributed by atoms with Crippen molar-refractivity contribution in [3.05, 3.63) is 75.3 Å². The first kappa shape index (κ1) is 18.2. The first-order valence-electron chi connectivity index (χ1n) is 7.63. The number of rotatable bonds is 3. The van der Waals surface area contributed by atoms with E-state index in [4.69, 9.17) is 4.74 Å². The summed E-state index contributed by atoms with van der Waals surface area (Å²) < 4.78 is 32.4. The van der Waals surface area contributed by atoms with Gasteiger partial charge in [-0.1, -0.05) is 6.07 Å². The van der Waals surface area contributed by atoms with Crippen LogP contribution in [-0.4, -0.2) is 33.2 Å². The van der Waals surface area contributed by atoms with Crippen LogP contribution in [0.2, 0.25) is 0 Å². The summed E-state index contributed by atoms with van der Waals surface area (Å²) in [5, 5.41) is 20.5. The first-order chi connectivity index (χ1) is 12.7. The number of hydrogen-bond acceptors (Lipinski definition) is 5. The van der Waals surface area contributed by atoms with E-state index < -0.39 is 40.4 Å². The van der Waals surface area contributed by atoms with Crippen LogP contribution in [0.4, 0.5) is 24.1 Å². The second-order valence-electron chi connectivity index (χ2n) is 5.84. The summed E-state index contributed by atoms with van der Waals surface area (Å²) in [7, 11) is 0. The van der Waals surface area contributed by atoms with Crippen LogP contribution < -0.4 is 0 Å². The zero-order chi connectivity index (χ0) is 19.9. The molecule has 0 radical (unpaired) electrons.